The second-order valence-corrected chi connectivity index (χ2v) is 9.14. The van der Waals surface area contributed by atoms with Gasteiger partial charge in [0.15, 0.2) is 9.84 Å². The van der Waals surface area contributed by atoms with Crippen molar-refractivity contribution >= 4 is 27.1 Å². The lowest BCUT2D eigenvalue weighted by Crippen LogP contribution is -2.30. The Bertz CT molecular complexity index is 1010. The first-order chi connectivity index (χ1) is 12.9. The van der Waals surface area contributed by atoms with E-state index in [9.17, 15) is 13.2 Å². The maximum Gasteiger partial charge on any atom is 0.226 e. The molecule has 1 heterocycles. The van der Waals surface area contributed by atoms with Gasteiger partial charge in [0.1, 0.15) is 5.01 Å². The van der Waals surface area contributed by atoms with E-state index in [0.29, 0.717) is 5.69 Å². The summed E-state index contributed by atoms with van der Waals surface area (Å²) < 4.78 is 24.4. The third-order valence-corrected chi connectivity index (χ3v) is 6.66. The van der Waals surface area contributed by atoms with E-state index in [4.69, 9.17) is 0 Å². The average molecular weight is 401 g/mol. The molecule has 0 aliphatic carbocycles. The van der Waals surface area contributed by atoms with Crippen molar-refractivity contribution in [2.45, 2.75) is 18.2 Å². The SMILES string of the molecule is Cc1ccc(-c2nc(CC(=O)NCCS(=O)(=O)c3ccccc3)cs2)cc1. The average Bonchev–Trinajstić information content (AvgIpc) is 3.11. The summed E-state index contributed by atoms with van der Waals surface area (Å²) >= 11 is 1.49. The number of benzene rings is 2. The summed E-state index contributed by atoms with van der Waals surface area (Å²) in [5.41, 5.74) is 2.88. The molecule has 0 fully saturated rings. The van der Waals surface area contributed by atoms with Gasteiger partial charge in [-0.25, -0.2) is 13.4 Å². The molecule has 3 aromatic rings. The van der Waals surface area contributed by atoms with Crippen molar-refractivity contribution in [1.82, 2.24) is 10.3 Å². The Morgan fingerprint density at radius 1 is 1.07 bits per heavy atom. The van der Waals surface area contributed by atoms with E-state index in [1.54, 1.807) is 30.3 Å². The van der Waals surface area contributed by atoms with Gasteiger partial charge in [-0.15, -0.1) is 11.3 Å². The van der Waals surface area contributed by atoms with E-state index < -0.39 is 9.84 Å². The zero-order chi connectivity index (χ0) is 19.3. The summed E-state index contributed by atoms with van der Waals surface area (Å²) in [5.74, 6) is -0.368. The van der Waals surface area contributed by atoms with Gasteiger partial charge in [-0.2, -0.15) is 0 Å². The van der Waals surface area contributed by atoms with Crippen molar-refractivity contribution in [2.75, 3.05) is 12.3 Å². The maximum absolute atomic E-state index is 12.2. The number of thiazole rings is 1. The van der Waals surface area contributed by atoms with Gasteiger partial charge in [0, 0.05) is 17.5 Å². The lowest BCUT2D eigenvalue weighted by atomic mass is 10.2. The predicted octanol–water partition coefficient (Wildman–Crippen LogP) is 3.25. The smallest absolute Gasteiger partial charge is 0.226 e. The van der Waals surface area contributed by atoms with E-state index in [1.807, 2.05) is 36.6 Å². The van der Waals surface area contributed by atoms with Gasteiger partial charge >= 0.3 is 0 Å². The minimum Gasteiger partial charge on any atom is -0.355 e. The Hall–Kier alpha value is -2.51. The number of hydrogen-bond acceptors (Lipinski definition) is 5. The van der Waals surface area contributed by atoms with Crippen LogP contribution in [0.5, 0.6) is 0 Å². The standard InChI is InChI=1S/C20H20N2O3S2/c1-15-7-9-16(10-8-15)20-22-17(14-26-20)13-19(23)21-11-12-27(24,25)18-5-3-2-4-6-18/h2-10,14H,11-13H2,1H3,(H,21,23). The van der Waals surface area contributed by atoms with Crippen LogP contribution in [0.4, 0.5) is 0 Å². The third-order valence-electron chi connectivity index (χ3n) is 3.99. The highest BCUT2D eigenvalue weighted by Gasteiger charge is 2.15. The topological polar surface area (TPSA) is 76.1 Å². The van der Waals surface area contributed by atoms with Crippen LogP contribution in [-0.2, 0) is 21.1 Å². The second kappa shape index (κ2) is 8.45. The highest BCUT2D eigenvalue weighted by Crippen LogP contribution is 2.24. The first-order valence-corrected chi connectivity index (χ1v) is 11.0. The molecule has 0 aliphatic rings. The number of carbonyl (C=O) groups excluding carboxylic acids is 1. The van der Waals surface area contributed by atoms with E-state index in [1.165, 1.54) is 16.9 Å². The minimum atomic E-state index is -3.39. The Morgan fingerprint density at radius 2 is 1.78 bits per heavy atom. The van der Waals surface area contributed by atoms with Gasteiger partial charge in [0.05, 0.1) is 22.8 Å². The van der Waals surface area contributed by atoms with Gasteiger partial charge in [-0.1, -0.05) is 48.0 Å². The van der Waals surface area contributed by atoms with Crippen LogP contribution in [0, 0.1) is 6.92 Å². The Morgan fingerprint density at radius 3 is 2.48 bits per heavy atom. The van der Waals surface area contributed by atoms with Crippen LogP contribution in [0.15, 0.2) is 64.9 Å². The number of sulfone groups is 1. The van der Waals surface area contributed by atoms with Crippen molar-refractivity contribution in [3.63, 3.8) is 0 Å². The molecule has 140 valence electrons. The summed E-state index contributed by atoms with van der Waals surface area (Å²) in [6.45, 7) is 2.10. The third kappa shape index (κ3) is 5.24. The number of aryl methyl sites for hydroxylation is 1. The molecule has 0 saturated carbocycles. The molecule has 0 atom stereocenters. The Kier molecular flexibility index (Phi) is 6.03. The number of aromatic nitrogens is 1. The Labute approximate surface area is 163 Å². The number of hydrogen-bond donors (Lipinski definition) is 1. The molecular weight excluding hydrogens is 380 g/mol. The van der Waals surface area contributed by atoms with Gasteiger partial charge in [-0.3, -0.25) is 4.79 Å². The summed E-state index contributed by atoms with van der Waals surface area (Å²) in [7, 11) is -3.39. The van der Waals surface area contributed by atoms with Gasteiger partial charge in [0.2, 0.25) is 5.91 Å². The summed E-state index contributed by atoms with van der Waals surface area (Å²) in [4.78, 5) is 16.8. The largest absolute Gasteiger partial charge is 0.355 e. The fourth-order valence-corrected chi connectivity index (χ4v) is 4.52. The molecule has 1 amide bonds. The predicted molar refractivity (Wildman–Crippen MR) is 107 cm³/mol. The summed E-state index contributed by atoms with van der Waals surface area (Å²) in [5, 5.41) is 5.38. The molecule has 0 spiro atoms. The molecule has 7 heteroatoms. The van der Waals surface area contributed by atoms with E-state index in [0.717, 1.165) is 10.6 Å². The summed E-state index contributed by atoms with van der Waals surface area (Å²) in [6.07, 6.45) is 0.133. The molecule has 27 heavy (non-hydrogen) atoms. The lowest BCUT2D eigenvalue weighted by molar-refractivity contribution is -0.120. The highest BCUT2D eigenvalue weighted by atomic mass is 32.2. The van der Waals surface area contributed by atoms with Crippen molar-refractivity contribution in [3.05, 3.63) is 71.2 Å². The van der Waals surface area contributed by atoms with E-state index >= 15 is 0 Å². The fourth-order valence-electron chi connectivity index (χ4n) is 2.51. The Balaban J connectivity index is 1.52. The van der Waals surface area contributed by atoms with Crippen LogP contribution >= 0.6 is 11.3 Å². The quantitative estimate of drug-likeness (QED) is 0.660. The molecule has 0 bridgehead atoms. The zero-order valence-corrected chi connectivity index (χ0v) is 16.5. The van der Waals surface area contributed by atoms with Gasteiger partial charge < -0.3 is 5.32 Å². The van der Waals surface area contributed by atoms with Crippen molar-refractivity contribution in [3.8, 4) is 10.6 Å². The lowest BCUT2D eigenvalue weighted by Gasteiger charge is -2.06. The fraction of sp³-hybridized carbons (Fsp3) is 0.200. The molecule has 2 aromatic carbocycles. The normalized spacial score (nSPS) is 11.3. The molecular formula is C20H20N2O3S2. The van der Waals surface area contributed by atoms with Crippen LogP contribution in [0.25, 0.3) is 10.6 Å². The van der Waals surface area contributed by atoms with Crippen LogP contribution in [0.2, 0.25) is 0 Å². The highest BCUT2D eigenvalue weighted by molar-refractivity contribution is 7.91. The maximum atomic E-state index is 12.2. The van der Waals surface area contributed by atoms with E-state index in [2.05, 4.69) is 10.3 Å². The zero-order valence-electron chi connectivity index (χ0n) is 14.9. The molecule has 0 aliphatic heterocycles. The second-order valence-electron chi connectivity index (χ2n) is 6.17. The number of nitrogens with one attached hydrogen (secondary N) is 1. The molecule has 0 saturated heterocycles. The minimum absolute atomic E-state index is 0.0744. The van der Waals surface area contributed by atoms with Gasteiger partial charge in [-0.05, 0) is 19.1 Å². The van der Waals surface area contributed by atoms with Crippen LogP contribution in [0.3, 0.4) is 0 Å². The number of nitrogens with zero attached hydrogens (tertiary/aromatic N) is 1. The number of amides is 1. The van der Waals surface area contributed by atoms with Crippen LogP contribution in [-0.4, -0.2) is 31.6 Å². The van der Waals surface area contributed by atoms with Crippen LogP contribution in [0.1, 0.15) is 11.3 Å². The van der Waals surface area contributed by atoms with Crippen molar-refractivity contribution in [2.24, 2.45) is 0 Å². The van der Waals surface area contributed by atoms with Gasteiger partial charge in [0.25, 0.3) is 0 Å². The van der Waals surface area contributed by atoms with Crippen molar-refractivity contribution in [1.29, 1.82) is 0 Å². The van der Waals surface area contributed by atoms with Crippen molar-refractivity contribution < 1.29 is 13.2 Å². The molecule has 5 nitrogen and oxygen atoms in total. The number of rotatable bonds is 7. The van der Waals surface area contributed by atoms with E-state index in [-0.39, 0.29) is 29.5 Å². The molecule has 3 rings (SSSR count). The molecule has 0 unspecified atom stereocenters. The molecule has 0 radical (unpaired) electrons. The first-order valence-electron chi connectivity index (χ1n) is 8.50. The number of carbonyl (C=O) groups is 1. The first kappa shape index (κ1) is 19.3. The molecule has 1 N–H and O–H groups in total. The monoisotopic (exact) mass is 400 g/mol. The van der Waals surface area contributed by atoms with Crippen LogP contribution < -0.4 is 5.32 Å². The molecule has 1 aromatic heterocycles. The summed E-state index contributed by atoms with van der Waals surface area (Å²) in [6, 6.07) is 16.3.